The van der Waals surface area contributed by atoms with Gasteiger partial charge in [-0.1, -0.05) is 12.1 Å². The smallest absolute Gasteiger partial charge is 0.139 e. The van der Waals surface area contributed by atoms with E-state index in [0.717, 1.165) is 52.5 Å². The molecule has 0 spiro atoms. The average molecular weight is 460 g/mol. The number of hydrogen-bond acceptors (Lipinski definition) is 6. The highest BCUT2D eigenvalue weighted by atomic mass is 16.5. The number of hydrogen-bond donors (Lipinski definition) is 0. The van der Waals surface area contributed by atoms with Crippen LogP contribution in [0, 0.1) is 5.92 Å². The van der Waals surface area contributed by atoms with Gasteiger partial charge in [-0.15, -0.1) is 0 Å². The summed E-state index contributed by atoms with van der Waals surface area (Å²) < 4.78 is 12.9. The zero-order chi connectivity index (χ0) is 23.5. The molecule has 5 rings (SSSR count). The van der Waals surface area contributed by atoms with Crippen molar-refractivity contribution in [3.05, 3.63) is 54.9 Å². The van der Waals surface area contributed by atoms with Gasteiger partial charge in [0.2, 0.25) is 0 Å². The molecule has 1 aliphatic heterocycles. The fourth-order valence-electron chi connectivity index (χ4n) is 4.89. The molecule has 0 aliphatic carbocycles. The summed E-state index contributed by atoms with van der Waals surface area (Å²) in [4.78, 5) is 14.5. The predicted molar refractivity (Wildman–Crippen MR) is 137 cm³/mol. The van der Waals surface area contributed by atoms with Crippen LogP contribution in [-0.2, 0) is 4.74 Å². The first-order valence-corrected chi connectivity index (χ1v) is 12.0. The van der Waals surface area contributed by atoms with E-state index in [2.05, 4.69) is 59.2 Å². The predicted octanol–water partition coefficient (Wildman–Crippen LogP) is 4.38. The molecule has 4 aromatic rings. The molecule has 1 saturated heterocycles. The number of nitrogens with zero attached hydrogens (tertiary/aromatic N) is 5. The number of anilines is 1. The summed E-state index contributed by atoms with van der Waals surface area (Å²) in [5.41, 5.74) is 4.16. The Morgan fingerprint density at radius 2 is 1.88 bits per heavy atom. The summed E-state index contributed by atoms with van der Waals surface area (Å²) in [7, 11) is 6.00. The number of imidazole rings is 1. The van der Waals surface area contributed by atoms with Gasteiger partial charge in [-0.3, -0.25) is 4.57 Å². The number of para-hydroxylation sites is 1. The lowest BCUT2D eigenvalue weighted by atomic mass is 9.96. The minimum Gasteiger partial charge on any atom is -0.491 e. The molecule has 0 N–H and O–H groups in total. The molecule has 7 heteroatoms. The number of methoxy groups -OCH3 is 1. The van der Waals surface area contributed by atoms with Gasteiger partial charge in [0.15, 0.2) is 0 Å². The van der Waals surface area contributed by atoms with Crippen LogP contribution in [0.3, 0.4) is 0 Å². The lowest BCUT2D eigenvalue weighted by molar-refractivity contribution is 0.146. The molecule has 3 heterocycles. The van der Waals surface area contributed by atoms with Gasteiger partial charge in [0, 0.05) is 38.2 Å². The van der Waals surface area contributed by atoms with Crippen LogP contribution in [-0.4, -0.2) is 73.5 Å². The first-order chi connectivity index (χ1) is 16.6. The molecule has 178 valence electrons. The van der Waals surface area contributed by atoms with Crippen LogP contribution in [0.5, 0.6) is 5.75 Å². The molecular formula is C27H33N5O2. The van der Waals surface area contributed by atoms with Crippen molar-refractivity contribution < 1.29 is 9.47 Å². The summed E-state index contributed by atoms with van der Waals surface area (Å²) in [5.74, 6) is 2.43. The largest absolute Gasteiger partial charge is 0.491 e. The molecule has 0 atom stereocenters. The number of rotatable bonds is 8. The second-order valence-corrected chi connectivity index (χ2v) is 9.32. The van der Waals surface area contributed by atoms with Gasteiger partial charge in [0.1, 0.15) is 24.5 Å². The Morgan fingerprint density at radius 3 is 2.68 bits per heavy atom. The third-order valence-electron chi connectivity index (χ3n) is 6.58. The molecule has 0 radical (unpaired) electrons. The van der Waals surface area contributed by atoms with Crippen LogP contribution in [0.2, 0.25) is 0 Å². The Kier molecular flexibility index (Phi) is 6.65. The van der Waals surface area contributed by atoms with Crippen molar-refractivity contribution in [2.24, 2.45) is 5.92 Å². The first kappa shape index (κ1) is 22.6. The van der Waals surface area contributed by atoms with Crippen molar-refractivity contribution in [1.82, 2.24) is 19.4 Å². The molecule has 0 amide bonds. The highest BCUT2D eigenvalue weighted by Gasteiger charge is 2.21. The van der Waals surface area contributed by atoms with Crippen molar-refractivity contribution in [1.29, 1.82) is 0 Å². The quantitative estimate of drug-likeness (QED) is 0.365. The maximum absolute atomic E-state index is 5.74. The van der Waals surface area contributed by atoms with E-state index >= 15 is 0 Å². The maximum Gasteiger partial charge on any atom is 0.139 e. The minimum absolute atomic E-state index is 0.518. The van der Waals surface area contributed by atoms with E-state index in [1.807, 2.05) is 29.1 Å². The van der Waals surface area contributed by atoms with E-state index in [1.54, 1.807) is 7.11 Å². The Labute approximate surface area is 200 Å². The van der Waals surface area contributed by atoms with Crippen LogP contribution in [0.15, 0.2) is 54.9 Å². The third-order valence-corrected chi connectivity index (χ3v) is 6.58. The number of pyridine rings is 1. The van der Waals surface area contributed by atoms with Crippen molar-refractivity contribution in [3.63, 3.8) is 0 Å². The third kappa shape index (κ3) is 4.72. The molecule has 0 saturated carbocycles. The van der Waals surface area contributed by atoms with Crippen molar-refractivity contribution in [3.8, 4) is 11.6 Å². The van der Waals surface area contributed by atoms with Crippen molar-refractivity contribution in [2.45, 2.75) is 12.8 Å². The van der Waals surface area contributed by atoms with Gasteiger partial charge in [0.05, 0.1) is 28.8 Å². The summed E-state index contributed by atoms with van der Waals surface area (Å²) >= 11 is 0. The first-order valence-electron chi connectivity index (χ1n) is 12.0. The summed E-state index contributed by atoms with van der Waals surface area (Å²) in [5, 5.41) is 1.16. The van der Waals surface area contributed by atoms with E-state index in [0.29, 0.717) is 13.2 Å². The Morgan fingerprint density at radius 1 is 1.03 bits per heavy atom. The van der Waals surface area contributed by atoms with Gasteiger partial charge in [-0.2, -0.15) is 0 Å². The molecule has 1 aliphatic rings. The fourth-order valence-corrected chi connectivity index (χ4v) is 4.89. The van der Waals surface area contributed by atoms with Crippen LogP contribution < -0.4 is 9.64 Å². The Balaban J connectivity index is 1.43. The lowest BCUT2D eigenvalue weighted by Crippen LogP contribution is -2.37. The zero-order valence-electron chi connectivity index (χ0n) is 20.3. The molecule has 0 bridgehead atoms. The lowest BCUT2D eigenvalue weighted by Gasteiger charge is -2.35. The number of aromatic nitrogens is 3. The van der Waals surface area contributed by atoms with E-state index in [-0.39, 0.29) is 0 Å². The van der Waals surface area contributed by atoms with Gasteiger partial charge in [-0.05, 0) is 63.2 Å². The Hall–Kier alpha value is -3.16. The second-order valence-electron chi connectivity index (χ2n) is 9.32. The number of benzene rings is 2. The molecular weight excluding hydrogens is 426 g/mol. The van der Waals surface area contributed by atoms with Crippen molar-refractivity contribution >= 4 is 27.6 Å². The molecule has 2 aromatic carbocycles. The monoisotopic (exact) mass is 459 g/mol. The molecule has 7 nitrogen and oxygen atoms in total. The molecule has 1 fully saturated rings. The summed E-state index contributed by atoms with van der Waals surface area (Å²) in [6, 6.07) is 16.7. The SMILES string of the molecule is COCCOc1ccc2c(c1)ncn2-c1ccc2cccc(N3CCC(CN(C)C)CC3)c2n1. The van der Waals surface area contributed by atoms with E-state index < -0.39 is 0 Å². The standard InChI is InChI=1S/C27H33N5O2/c1-30(2)18-20-11-13-31(14-12-20)25-6-4-5-21-7-10-26(29-27(21)25)32-19-28-23-17-22(8-9-24(23)32)34-16-15-33-3/h4-10,17,19-20H,11-16,18H2,1-3H3. The highest BCUT2D eigenvalue weighted by Crippen LogP contribution is 2.31. The van der Waals surface area contributed by atoms with Gasteiger partial charge in [-0.25, -0.2) is 9.97 Å². The Bertz CT molecular complexity index is 1260. The number of fused-ring (bicyclic) bond motifs is 2. The van der Waals surface area contributed by atoms with E-state index in [4.69, 9.17) is 14.5 Å². The van der Waals surface area contributed by atoms with Crippen LogP contribution in [0.4, 0.5) is 5.69 Å². The van der Waals surface area contributed by atoms with Gasteiger partial charge >= 0.3 is 0 Å². The zero-order valence-corrected chi connectivity index (χ0v) is 20.3. The van der Waals surface area contributed by atoms with Gasteiger partial charge < -0.3 is 19.3 Å². The highest BCUT2D eigenvalue weighted by molar-refractivity contribution is 5.92. The summed E-state index contributed by atoms with van der Waals surface area (Å²) in [6.45, 7) is 4.39. The van der Waals surface area contributed by atoms with Crippen LogP contribution >= 0.6 is 0 Å². The molecule has 34 heavy (non-hydrogen) atoms. The fraction of sp³-hybridized carbons (Fsp3) is 0.407. The average Bonchev–Trinajstić information content (AvgIpc) is 3.27. The second kappa shape index (κ2) is 9.99. The van der Waals surface area contributed by atoms with E-state index in [1.165, 1.54) is 25.1 Å². The number of piperidine rings is 1. The molecule has 2 aromatic heterocycles. The van der Waals surface area contributed by atoms with E-state index in [9.17, 15) is 0 Å². The van der Waals surface area contributed by atoms with Crippen molar-refractivity contribution in [2.75, 3.05) is 59.0 Å². The minimum atomic E-state index is 0.518. The van der Waals surface area contributed by atoms with Gasteiger partial charge in [0.25, 0.3) is 0 Å². The topological polar surface area (TPSA) is 55.7 Å². The maximum atomic E-state index is 5.74. The normalized spacial score (nSPS) is 15.0. The number of ether oxygens (including phenoxy) is 2. The molecule has 0 unspecified atom stereocenters. The van der Waals surface area contributed by atoms with Crippen LogP contribution in [0.1, 0.15) is 12.8 Å². The summed E-state index contributed by atoms with van der Waals surface area (Å²) in [6.07, 6.45) is 4.28. The van der Waals surface area contributed by atoms with Crippen LogP contribution in [0.25, 0.3) is 27.8 Å².